The topological polar surface area (TPSA) is 52.3 Å². The summed E-state index contributed by atoms with van der Waals surface area (Å²) in [5, 5.41) is 0. The van der Waals surface area contributed by atoms with Crippen LogP contribution >= 0.6 is 0 Å². The minimum atomic E-state index is -4.89. The maximum absolute atomic E-state index is 12.9. The Labute approximate surface area is 87.8 Å². The predicted molar refractivity (Wildman–Crippen MR) is 47.2 cm³/mol. The molecule has 7 heteroatoms. The van der Waals surface area contributed by atoms with Crippen LogP contribution in [0.2, 0.25) is 0 Å². The molecule has 0 fully saturated rings. The molecule has 0 unspecified atom stereocenters. The Morgan fingerprint density at radius 2 is 1.94 bits per heavy atom. The van der Waals surface area contributed by atoms with E-state index in [1.807, 2.05) is 0 Å². The Morgan fingerprint density at radius 1 is 1.38 bits per heavy atom. The average molecular weight is 237 g/mol. The highest BCUT2D eigenvalue weighted by Gasteiger charge is 2.35. The summed E-state index contributed by atoms with van der Waals surface area (Å²) < 4.78 is 54.0. The van der Waals surface area contributed by atoms with Gasteiger partial charge in [0.1, 0.15) is 5.82 Å². The van der Waals surface area contributed by atoms with Crippen LogP contribution in [0.15, 0.2) is 12.1 Å². The largest absolute Gasteiger partial charge is 0.465 e. The molecule has 1 rings (SSSR count). The second-order valence-corrected chi connectivity index (χ2v) is 2.91. The monoisotopic (exact) mass is 237 g/mol. The molecule has 0 aromatic heterocycles. The summed E-state index contributed by atoms with van der Waals surface area (Å²) in [6, 6.07) is 0.769. The minimum Gasteiger partial charge on any atom is -0.465 e. The van der Waals surface area contributed by atoms with Crippen LogP contribution in [-0.2, 0) is 10.9 Å². The Balaban J connectivity index is 3.39. The highest BCUT2D eigenvalue weighted by molar-refractivity contribution is 5.95. The van der Waals surface area contributed by atoms with Crippen LogP contribution in [0.1, 0.15) is 15.9 Å². The lowest BCUT2D eigenvalue weighted by molar-refractivity contribution is -0.140. The Bertz CT molecular complexity index is 428. The van der Waals surface area contributed by atoms with E-state index in [1.54, 1.807) is 0 Å². The third kappa shape index (κ3) is 2.23. The zero-order valence-corrected chi connectivity index (χ0v) is 8.06. The van der Waals surface area contributed by atoms with Crippen LogP contribution in [0, 0.1) is 5.82 Å². The molecule has 2 N–H and O–H groups in total. The van der Waals surface area contributed by atoms with Gasteiger partial charge in [0.15, 0.2) is 0 Å². The summed E-state index contributed by atoms with van der Waals surface area (Å²) in [6.07, 6.45) is -4.89. The molecule has 0 amide bonds. The molecule has 0 aliphatic heterocycles. The molecular formula is C9H7F4NO2. The highest BCUT2D eigenvalue weighted by atomic mass is 19.4. The summed E-state index contributed by atoms with van der Waals surface area (Å²) in [5.41, 5.74) is 2.73. The van der Waals surface area contributed by atoms with Gasteiger partial charge in [-0.15, -0.1) is 0 Å². The van der Waals surface area contributed by atoms with Crippen molar-refractivity contribution in [3.8, 4) is 0 Å². The van der Waals surface area contributed by atoms with Gasteiger partial charge in [-0.2, -0.15) is 13.2 Å². The zero-order valence-electron chi connectivity index (χ0n) is 8.06. The third-order valence-corrected chi connectivity index (χ3v) is 1.85. The van der Waals surface area contributed by atoms with Crippen LogP contribution in [0.4, 0.5) is 23.2 Å². The number of rotatable bonds is 1. The zero-order chi connectivity index (χ0) is 12.5. The van der Waals surface area contributed by atoms with Crippen LogP contribution < -0.4 is 5.73 Å². The average Bonchev–Trinajstić information content (AvgIpc) is 2.14. The SMILES string of the molecule is COC(=O)c1cc(C(F)(F)F)c(F)cc1N. The molecule has 1 aromatic rings. The van der Waals surface area contributed by atoms with Gasteiger partial charge >= 0.3 is 12.1 Å². The molecule has 0 aliphatic rings. The highest BCUT2D eigenvalue weighted by Crippen LogP contribution is 2.33. The first-order valence-electron chi connectivity index (χ1n) is 4.02. The number of hydrogen-bond donors (Lipinski definition) is 1. The summed E-state index contributed by atoms with van der Waals surface area (Å²) in [7, 11) is 0.985. The first-order valence-corrected chi connectivity index (χ1v) is 4.02. The van der Waals surface area contributed by atoms with Gasteiger partial charge < -0.3 is 10.5 Å². The smallest absolute Gasteiger partial charge is 0.419 e. The number of anilines is 1. The number of methoxy groups -OCH3 is 1. The van der Waals surface area contributed by atoms with E-state index in [0.29, 0.717) is 12.1 Å². The van der Waals surface area contributed by atoms with E-state index in [1.165, 1.54) is 0 Å². The molecule has 0 heterocycles. The fourth-order valence-electron chi connectivity index (χ4n) is 1.09. The third-order valence-electron chi connectivity index (χ3n) is 1.85. The van der Waals surface area contributed by atoms with Gasteiger partial charge in [-0.05, 0) is 12.1 Å². The standard InChI is InChI=1S/C9H7F4NO2/c1-16-8(15)4-2-5(9(11,12)13)6(10)3-7(4)14/h2-3H,14H2,1H3. The summed E-state index contributed by atoms with van der Waals surface area (Å²) in [6.45, 7) is 0. The number of hydrogen-bond acceptors (Lipinski definition) is 3. The molecule has 0 atom stereocenters. The van der Waals surface area contributed by atoms with Crippen molar-refractivity contribution in [2.24, 2.45) is 0 Å². The number of nitrogens with two attached hydrogens (primary N) is 1. The molecule has 0 bridgehead atoms. The summed E-state index contributed by atoms with van der Waals surface area (Å²) in [4.78, 5) is 11.0. The molecule has 0 saturated heterocycles. The van der Waals surface area contributed by atoms with E-state index < -0.39 is 34.8 Å². The molecule has 3 nitrogen and oxygen atoms in total. The van der Waals surface area contributed by atoms with Crippen molar-refractivity contribution in [1.29, 1.82) is 0 Å². The number of benzene rings is 1. The lowest BCUT2D eigenvalue weighted by atomic mass is 10.1. The van der Waals surface area contributed by atoms with Crippen LogP contribution in [-0.4, -0.2) is 13.1 Å². The van der Waals surface area contributed by atoms with E-state index in [9.17, 15) is 22.4 Å². The van der Waals surface area contributed by atoms with Gasteiger partial charge in [-0.25, -0.2) is 9.18 Å². The number of ether oxygens (including phenoxy) is 1. The van der Waals surface area contributed by atoms with Gasteiger partial charge in [0.25, 0.3) is 0 Å². The van der Waals surface area contributed by atoms with Crippen LogP contribution in [0.3, 0.4) is 0 Å². The van der Waals surface area contributed by atoms with Gasteiger partial charge in [-0.3, -0.25) is 0 Å². The number of esters is 1. The molecule has 1 aromatic carbocycles. The van der Waals surface area contributed by atoms with Crippen molar-refractivity contribution in [2.45, 2.75) is 6.18 Å². The first kappa shape index (κ1) is 12.3. The van der Waals surface area contributed by atoms with Crippen molar-refractivity contribution in [1.82, 2.24) is 0 Å². The molecule has 0 saturated carbocycles. The lowest BCUT2D eigenvalue weighted by Gasteiger charge is -2.11. The summed E-state index contributed by atoms with van der Waals surface area (Å²) in [5.74, 6) is -2.58. The minimum absolute atomic E-state index is 0.330. The van der Waals surface area contributed by atoms with E-state index in [0.717, 1.165) is 7.11 Å². The van der Waals surface area contributed by atoms with Gasteiger partial charge in [-0.1, -0.05) is 0 Å². The molecular weight excluding hydrogens is 230 g/mol. The van der Waals surface area contributed by atoms with E-state index >= 15 is 0 Å². The Kier molecular flexibility index (Phi) is 3.06. The number of alkyl halides is 3. The molecule has 0 spiro atoms. The maximum atomic E-state index is 12.9. The van der Waals surface area contributed by atoms with Crippen molar-refractivity contribution >= 4 is 11.7 Å². The number of halogens is 4. The Hall–Kier alpha value is -1.79. The van der Waals surface area contributed by atoms with Gasteiger partial charge in [0.05, 0.1) is 18.2 Å². The normalized spacial score (nSPS) is 11.3. The van der Waals surface area contributed by atoms with E-state index in [-0.39, 0.29) is 0 Å². The second kappa shape index (κ2) is 3.99. The number of carbonyl (C=O) groups is 1. The van der Waals surface area contributed by atoms with Gasteiger partial charge in [0, 0.05) is 5.69 Å². The maximum Gasteiger partial charge on any atom is 0.419 e. The van der Waals surface area contributed by atoms with Crippen molar-refractivity contribution in [3.05, 3.63) is 29.1 Å². The lowest BCUT2D eigenvalue weighted by Crippen LogP contribution is -2.13. The fourth-order valence-corrected chi connectivity index (χ4v) is 1.09. The van der Waals surface area contributed by atoms with Crippen LogP contribution in [0.25, 0.3) is 0 Å². The summed E-state index contributed by atoms with van der Waals surface area (Å²) >= 11 is 0. The fraction of sp³-hybridized carbons (Fsp3) is 0.222. The quantitative estimate of drug-likeness (QED) is 0.463. The van der Waals surface area contributed by atoms with Gasteiger partial charge in [0.2, 0.25) is 0 Å². The van der Waals surface area contributed by atoms with Crippen molar-refractivity contribution in [3.63, 3.8) is 0 Å². The second-order valence-electron chi connectivity index (χ2n) is 2.91. The first-order chi connectivity index (χ1) is 7.27. The van der Waals surface area contributed by atoms with E-state index in [2.05, 4.69) is 4.74 Å². The number of carbonyl (C=O) groups excluding carboxylic acids is 1. The number of nitrogen functional groups attached to an aromatic ring is 1. The van der Waals surface area contributed by atoms with Crippen LogP contribution in [0.5, 0.6) is 0 Å². The van der Waals surface area contributed by atoms with Crippen molar-refractivity contribution < 1.29 is 27.1 Å². The molecule has 16 heavy (non-hydrogen) atoms. The molecule has 0 radical (unpaired) electrons. The van der Waals surface area contributed by atoms with E-state index in [4.69, 9.17) is 5.73 Å². The molecule has 0 aliphatic carbocycles. The Morgan fingerprint density at radius 3 is 2.38 bits per heavy atom. The predicted octanol–water partition coefficient (Wildman–Crippen LogP) is 2.21. The van der Waals surface area contributed by atoms with Crippen molar-refractivity contribution in [2.75, 3.05) is 12.8 Å². The molecule has 88 valence electrons.